The van der Waals surface area contributed by atoms with Crippen LogP contribution in [0.4, 0.5) is 0 Å². The average molecular weight is 219 g/mol. The topological polar surface area (TPSA) is 59.4 Å². The molecule has 0 aliphatic carbocycles. The van der Waals surface area contributed by atoms with Crippen LogP contribution in [0.5, 0.6) is 0 Å². The number of nitrogens with one attached hydrogen (secondary N) is 1. The highest BCUT2D eigenvalue weighted by Gasteiger charge is 2.08. The van der Waals surface area contributed by atoms with E-state index >= 15 is 0 Å². The van der Waals surface area contributed by atoms with Crippen molar-refractivity contribution in [2.45, 2.75) is 6.54 Å². The van der Waals surface area contributed by atoms with Crippen molar-refractivity contribution in [3.63, 3.8) is 0 Å². The maximum absolute atomic E-state index is 5.09. The van der Waals surface area contributed by atoms with Crippen LogP contribution in [0.2, 0.25) is 0 Å². The monoisotopic (exact) mass is 219 g/mol. The molecule has 0 fully saturated rings. The van der Waals surface area contributed by atoms with Gasteiger partial charge in [0.1, 0.15) is 5.69 Å². The van der Waals surface area contributed by atoms with Gasteiger partial charge in [0, 0.05) is 18.9 Å². The van der Waals surface area contributed by atoms with Gasteiger partial charge in [0.15, 0.2) is 10.6 Å². The van der Waals surface area contributed by atoms with Gasteiger partial charge in [-0.25, -0.2) is 4.98 Å². The molecule has 0 saturated heterocycles. The quantitative estimate of drug-likeness (QED) is 0.629. The van der Waals surface area contributed by atoms with Crippen molar-refractivity contribution in [3.05, 3.63) is 36.0 Å². The third-order valence-corrected chi connectivity index (χ3v) is 2.17. The number of aromatic nitrogens is 5. The highest BCUT2D eigenvalue weighted by Crippen LogP contribution is 2.12. The van der Waals surface area contributed by atoms with E-state index < -0.39 is 0 Å². The molecule has 0 radical (unpaired) electrons. The van der Waals surface area contributed by atoms with Crippen molar-refractivity contribution < 1.29 is 0 Å². The third-order valence-electron chi connectivity index (χ3n) is 1.86. The minimum absolute atomic E-state index is 0.551. The molecule has 1 N–H and O–H groups in total. The first-order valence-corrected chi connectivity index (χ1v) is 4.76. The van der Waals surface area contributed by atoms with Gasteiger partial charge >= 0.3 is 0 Å². The van der Waals surface area contributed by atoms with Gasteiger partial charge in [0.2, 0.25) is 0 Å². The van der Waals surface area contributed by atoms with Crippen LogP contribution in [0.1, 0.15) is 0 Å². The smallest absolute Gasteiger partial charge is 0.195 e. The van der Waals surface area contributed by atoms with Crippen molar-refractivity contribution in [2.24, 2.45) is 0 Å². The van der Waals surface area contributed by atoms with E-state index in [0.29, 0.717) is 22.8 Å². The first-order valence-electron chi connectivity index (χ1n) is 4.35. The van der Waals surface area contributed by atoms with Gasteiger partial charge in [0.25, 0.3) is 0 Å². The predicted octanol–water partition coefficient (Wildman–Crippen LogP) is 1.58. The summed E-state index contributed by atoms with van der Waals surface area (Å²) in [5.41, 5.74) is 0.687. The Bertz CT molecular complexity index is 513. The lowest BCUT2D eigenvalue weighted by Gasteiger charge is -2.01. The van der Waals surface area contributed by atoms with Crippen LogP contribution in [0.3, 0.4) is 0 Å². The van der Waals surface area contributed by atoms with Crippen LogP contribution in [0.15, 0.2) is 31.2 Å². The fourth-order valence-corrected chi connectivity index (χ4v) is 1.43. The van der Waals surface area contributed by atoms with Crippen molar-refractivity contribution in [1.29, 1.82) is 0 Å². The number of H-pyrrole nitrogens is 1. The van der Waals surface area contributed by atoms with Crippen molar-refractivity contribution in [2.75, 3.05) is 0 Å². The zero-order valence-electron chi connectivity index (χ0n) is 7.92. The number of rotatable bonds is 3. The van der Waals surface area contributed by atoms with Crippen LogP contribution in [0.25, 0.3) is 11.5 Å². The van der Waals surface area contributed by atoms with E-state index in [2.05, 4.69) is 26.7 Å². The lowest BCUT2D eigenvalue weighted by molar-refractivity contribution is 0.810. The van der Waals surface area contributed by atoms with Crippen molar-refractivity contribution in [3.8, 4) is 11.5 Å². The normalized spacial score (nSPS) is 10.1. The Kier molecular flexibility index (Phi) is 2.68. The second-order valence-electron chi connectivity index (χ2n) is 2.84. The molecular formula is C9H9N5S. The zero-order chi connectivity index (χ0) is 10.7. The van der Waals surface area contributed by atoms with E-state index in [4.69, 9.17) is 12.2 Å². The SMILES string of the molecule is C=CCn1c(-c2cnccn2)n[nH]c1=S. The summed E-state index contributed by atoms with van der Waals surface area (Å²) in [5, 5.41) is 6.82. The van der Waals surface area contributed by atoms with E-state index in [9.17, 15) is 0 Å². The Labute approximate surface area is 91.5 Å². The van der Waals surface area contributed by atoms with Crippen molar-refractivity contribution in [1.82, 2.24) is 24.7 Å². The maximum Gasteiger partial charge on any atom is 0.195 e. The molecule has 5 nitrogen and oxygen atoms in total. The molecule has 0 amide bonds. The second-order valence-corrected chi connectivity index (χ2v) is 3.23. The largest absolute Gasteiger partial charge is 0.295 e. The van der Waals surface area contributed by atoms with Crippen LogP contribution in [-0.2, 0) is 6.54 Å². The molecule has 0 aliphatic heterocycles. The first-order chi connectivity index (χ1) is 7.33. The summed E-state index contributed by atoms with van der Waals surface area (Å²) in [6.45, 7) is 4.27. The summed E-state index contributed by atoms with van der Waals surface area (Å²) >= 11 is 5.09. The Hall–Kier alpha value is -1.82. The molecule has 0 spiro atoms. The van der Waals surface area contributed by atoms with Crippen LogP contribution >= 0.6 is 12.2 Å². The van der Waals surface area contributed by atoms with Gasteiger partial charge in [-0.05, 0) is 12.2 Å². The molecule has 0 saturated carbocycles. The zero-order valence-corrected chi connectivity index (χ0v) is 8.74. The number of allylic oxidation sites excluding steroid dienone is 1. The summed E-state index contributed by atoms with van der Waals surface area (Å²) in [7, 11) is 0. The molecule has 6 heteroatoms. The Morgan fingerprint density at radius 2 is 2.40 bits per heavy atom. The van der Waals surface area contributed by atoms with E-state index in [0.717, 1.165) is 0 Å². The minimum Gasteiger partial charge on any atom is -0.295 e. The van der Waals surface area contributed by atoms with Crippen LogP contribution in [0, 0.1) is 4.77 Å². The van der Waals surface area contributed by atoms with E-state index in [1.54, 1.807) is 24.7 Å². The summed E-state index contributed by atoms with van der Waals surface area (Å²) in [6, 6.07) is 0. The summed E-state index contributed by atoms with van der Waals surface area (Å²) in [5.74, 6) is 0.674. The minimum atomic E-state index is 0.551. The molecule has 15 heavy (non-hydrogen) atoms. The van der Waals surface area contributed by atoms with Crippen molar-refractivity contribution >= 4 is 12.2 Å². The standard InChI is InChI=1S/C9H9N5S/c1-2-5-14-8(12-13-9(14)15)7-6-10-3-4-11-7/h2-4,6H,1,5H2,(H,13,15). The van der Waals surface area contributed by atoms with Gasteiger partial charge in [0.05, 0.1) is 6.20 Å². The van der Waals surface area contributed by atoms with E-state index in [1.165, 1.54) is 0 Å². The molecule has 2 rings (SSSR count). The molecule has 0 aliphatic rings. The van der Waals surface area contributed by atoms with Gasteiger partial charge in [-0.3, -0.25) is 14.6 Å². The van der Waals surface area contributed by atoms with Crippen LogP contribution in [-0.4, -0.2) is 24.7 Å². The first kappa shape index (κ1) is 9.72. The average Bonchev–Trinajstić information content (AvgIpc) is 2.63. The maximum atomic E-state index is 5.09. The number of hydrogen-bond acceptors (Lipinski definition) is 4. The Morgan fingerprint density at radius 1 is 1.53 bits per heavy atom. The summed E-state index contributed by atoms with van der Waals surface area (Å²) in [6.07, 6.45) is 6.63. The van der Waals surface area contributed by atoms with Gasteiger partial charge in [-0.15, -0.1) is 6.58 Å². The fourth-order valence-electron chi connectivity index (χ4n) is 1.23. The molecule has 2 aromatic heterocycles. The number of nitrogens with zero attached hydrogens (tertiary/aromatic N) is 4. The van der Waals surface area contributed by atoms with Gasteiger partial charge in [-0.2, -0.15) is 5.10 Å². The number of aromatic amines is 1. The Morgan fingerprint density at radius 3 is 3.07 bits per heavy atom. The second kappa shape index (κ2) is 4.14. The molecule has 0 bridgehead atoms. The van der Waals surface area contributed by atoms with E-state index in [1.807, 2.05) is 4.57 Å². The molecule has 0 atom stereocenters. The molecule has 2 aromatic rings. The molecule has 0 unspecified atom stereocenters. The van der Waals surface area contributed by atoms with Gasteiger partial charge in [-0.1, -0.05) is 6.08 Å². The summed E-state index contributed by atoms with van der Waals surface area (Å²) in [4.78, 5) is 8.14. The van der Waals surface area contributed by atoms with Crippen LogP contribution < -0.4 is 0 Å². The predicted molar refractivity (Wildman–Crippen MR) is 58.6 cm³/mol. The Balaban J connectivity index is 2.54. The van der Waals surface area contributed by atoms with E-state index in [-0.39, 0.29) is 0 Å². The lowest BCUT2D eigenvalue weighted by Crippen LogP contribution is -1.99. The number of hydrogen-bond donors (Lipinski definition) is 1. The highest BCUT2D eigenvalue weighted by atomic mass is 32.1. The fraction of sp³-hybridized carbons (Fsp3) is 0.111. The molecule has 0 aromatic carbocycles. The molecule has 2 heterocycles. The molecule has 76 valence electrons. The lowest BCUT2D eigenvalue weighted by atomic mass is 10.4. The third kappa shape index (κ3) is 1.84. The van der Waals surface area contributed by atoms with Gasteiger partial charge < -0.3 is 0 Å². The summed E-state index contributed by atoms with van der Waals surface area (Å²) < 4.78 is 2.36. The molecular weight excluding hydrogens is 210 g/mol. The highest BCUT2D eigenvalue weighted by molar-refractivity contribution is 7.71.